The van der Waals surface area contributed by atoms with E-state index in [4.69, 9.17) is 5.73 Å². The third-order valence-electron chi connectivity index (χ3n) is 2.35. The third kappa shape index (κ3) is 2.83. The Morgan fingerprint density at radius 3 is 2.76 bits per heavy atom. The number of pyridine rings is 1. The van der Waals surface area contributed by atoms with Crippen molar-refractivity contribution in [2.45, 2.75) is 11.6 Å². The third-order valence-corrected chi connectivity index (χ3v) is 3.46. The van der Waals surface area contributed by atoms with E-state index in [1.165, 1.54) is 0 Å². The van der Waals surface area contributed by atoms with E-state index >= 15 is 0 Å². The van der Waals surface area contributed by atoms with Gasteiger partial charge in [0, 0.05) is 30.8 Å². The van der Waals surface area contributed by atoms with E-state index in [0.717, 1.165) is 28.7 Å². The van der Waals surface area contributed by atoms with E-state index in [9.17, 15) is 0 Å². The number of hydrogen-bond acceptors (Lipinski definition) is 5. The zero-order chi connectivity index (χ0) is 12.1. The van der Waals surface area contributed by atoms with Crippen molar-refractivity contribution in [1.29, 1.82) is 0 Å². The zero-order valence-electron chi connectivity index (χ0n) is 9.71. The van der Waals surface area contributed by atoms with Gasteiger partial charge >= 0.3 is 0 Å². The highest BCUT2D eigenvalue weighted by Crippen LogP contribution is 2.22. The van der Waals surface area contributed by atoms with Gasteiger partial charge in [-0.15, -0.1) is 10.2 Å². The lowest BCUT2D eigenvalue weighted by atomic mass is 10.2. The number of nitrogens with zero attached hydrogens (tertiary/aromatic N) is 4. The summed E-state index contributed by atoms with van der Waals surface area (Å²) in [5, 5.41) is 9.30. The zero-order valence-corrected chi connectivity index (χ0v) is 10.5. The SMILES string of the molecule is Cn1c(SCCCN)nnc1-c1ccncc1. The molecule has 0 saturated heterocycles. The van der Waals surface area contributed by atoms with Gasteiger partial charge in [-0.05, 0) is 25.1 Å². The molecule has 0 spiro atoms. The summed E-state index contributed by atoms with van der Waals surface area (Å²) in [5.74, 6) is 1.83. The van der Waals surface area contributed by atoms with Crippen molar-refractivity contribution in [3.8, 4) is 11.4 Å². The van der Waals surface area contributed by atoms with Gasteiger partial charge in [0.05, 0.1) is 0 Å². The van der Waals surface area contributed by atoms with Gasteiger partial charge < -0.3 is 10.3 Å². The molecular weight excluding hydrogens is 234 g/mol. The highest BCUT2D eigenvalue weighted by atomic mass is 32.2. The molecule has 0 bridgehead atoms. The highest BCUT2D eigenvalue weighted by Gasteiger charge is 2.10. The monoisotopic (exact) mass is 249 g/mol. The van der Waals surface area contributed by atoms with Crippen molar-refractivity contribution < 1.29 is 0 Å². The maximum absolute atomic E-state index is 5.46. The van der Waals surface area contributed by atoms with Gasteiger partial charge in [0.2, 0.25) is 0 Å². The number of hydrogen-bond donors (Lipinski definition) is 1. The molecule has 0 amide bonds. The van der Waals surface area contributed by atoms with Crippen LogP contribution in [-0.4, -0.2) is 32.0 Å². The number of nitrogens with two attached hydrogens (primary N) is 1. The predicted octanol–water partition coefficient (Wildman–Crippen LogP) is 1.32. The minimum absolute atomic E-state index is 0.710. The molecule has 2 aromatic rings. The van der Waals surface area contributed by atoms with Crippen LogP contribution in [0.15, 0.2) is 29.7 Å². The summed E-state index contributed by atoms with van der Waals surface area (Å²) in [6.07, 6.45) is 4.50. The van der Waals surface area contributed by atoms with E-state index in [1.54, 1.807) is 24.2 Å². The molecule has 0 aromatic carbocycles. The molecule has 2 rings (SSSR count). The number of thioether (sulfide) groups is 1. The normalized spacial score (nSPS) is 10.7. The first-order valence-corrected chi connectivity index (χ1v) is 6.44. The topological polar surface area (TPSA) is 69.6 Å². The molecule has 2 heterocycles. The average Bonchev–Trinajstić information content (AvgIpc) is 2.73. The Morgan fingerprint density at radius 2 is 2.06 bits per heavy atom. The van der Waals surface area contributed by atoms with E-state index < -0.39 is 0 Å². The maximum Gasteiger partial charge on any atom is 0.191 e. The molecule has 0 unspecified atom stereocenters. The summed E-state index contributed by atoms with van der Waals surface area (Å²) in [6.45, 7) is 0.710. The van der Waals surface area contributed by atoms with Gasteiger partial charge in [-0.3, -0.25) is 4.98 Å². The van der Waals surface area contributed by atoms with Crippen LogP contribution in [-0.2, 0) is 7.05 Å². The first-order chi connectivity index (χ1) is 8.33. The van der Waals surface area contributed by atoms with Crippen molar-refractivity contribution in [3.63, 3.8) is 0 Å². The molecule has 0 atom stereocenters. The Kier molecular flexibility index (Phi) is 4.11. The molecule has 2 N–H and O–H groups in total. The Morgan fingerprint density at radius 1 is 1.29 bits per heavy atom. The van der Waals surface area contributed by atoms with Crippen molar-refractivity contribution in [1.82, 2.24) is 19.7 Å². The summed E-state index contributed by atoms with van der Waals surface area (Å²) in [7, 11) is 1.97. The van der Waals surface area contributed by atoms with Crippen LogP contribution in [0.3, 0.4) is 0 Å². The van der Waals surface area contributed by atoms with E-state index in [-0.39, 0.29) is 0 Å². The van der Waals surface area contributed by atoms with Gasteiger partial charge in [0.1, 0.15) is 0 Å². The fourth-order valence-electron chi connectivity index (χ4n) is 1.44. The molecule has 6 heteroatoms. The minimum atomic E-state index is 0.710. The molecule has 90 valence electrons. The largest absolute Gasteiger partial charge is 0.330 e. The lowest BCUT2D eigenvalue weighted by Gasteiger charge is -2.02. The molecule has 0 fully saturated rings. The summed E-state index contributed by atoms with van der Waals surface area (Å²) in [6, 6.07) is 3.86. The van der Waals surface area contributed by atoms with Crippen molar-refractivity contribution >= 4 is 11.8 Å². The molecule has 0 radical (unpaired) electrons. The quantitative estimate of drug-likeness (QED) is 0.639. The Balaban J connectivity index is 2.15. The lowest BCUT2D eigenvalue weighted by molar-refractivity contribution is 0.791. The summed E-state index contributed by atoms with van der Waals surface area (Å²) in [4.78, 5) is 3.99. The van der Waals surface area contributed by atoms with Crippen LogP contribution in [0.2, 0.25) is 0 Å². The number of aromatic nitrogens is 4. The smallest absolute Gasteiger partial charge is 0.191 e. The second kappa shape index (κ2) is 5.79. The molecule has 0 aliphatic carbocycles. The predicted molar refractivity (Wildman–Crippen MR) is 68.6 cm³/mol. The summed E-state index contributed by atoms with van der Waals surface area (Å²) >= 11 is 1.68. The van der Waals surface area contributed by atoms with Crippen molar-refractivity contribution in [3.05, 3.63) is 24.5 Å². The van der Waals surface area contributed by atoms with E-state index in [0.29, 0.717) is 6.54 Å². The standard InChI is InChI=1S/C11H15N5S/c1-16-10(9-3-6-13-7-4-9)14-15-11(16)17-8-2-5-12/h3-4,6-7H,2,5,8,12H2,1H3. The van der Waals surface area contributed by atoms with Crippen LogP contribution >= 0.6 is 11.8 Å². The van der Waals surface area contributed by atoms with Crippen LogP contribution in [0.1, 0.15) is 6.42 Å². The van der Waals surface area contributed by atoms with Crippen molar-refractivity contribution in [2.24, 2.45) is 12.8 Å². The molecule has 0 aliphatic rings. The van der Waals surface area contributed by atoms with Crippen LogP contribution in [0.5, 0.6) is 0 Å². The minimum Gasteiger partial charge on any atom is -0.330 e. The highest BCUT2D eigenvalue weighted by molar-refractivity contribution is 7.99. The van der Waals surface area contributed by atoms with Crippen LogP contribution in [0.4, 0.5) is 0 Å². The molecule has 0 aliphatic heterocycles. The van der Waals surface area contributed by atoms with E-state index in [2.05, 4.69) is 15.2 Å². The first-order valence-electron chi connectivity index (χ1n) is 5.45. The fourth-order valence-corrected chi connectivity index (χ4v) is 2.31. The van der Waals surface area contributed by atoms with Crippen LogP contribution in [0.25, 0.3) is 11.4 Å². The van der Waals surface area contributed by atoms with Gasteiger partial charge in [0.25, 0.3) is 0 Å². The van der Waals surface area contributed by atoms with Gasteiger partial charge in [0.15, 0.2) is 11.0 Å². The second-order valence-corrected chi connectivity index (χ2v) is 4.65. The molecule has 2 aromatic heterocycles. The maximum atomic E-state index is 5.46. The average molecular weight is 249 g/mol. The first kappa shape index (κ1) is 12.1. The summed E-state index contributed by atoms with van der Waals surface area (Å²) < 4.78 is 2.00. The molecule has 17 heavy (non-hydrogen) atoms. The van der Waals surface area contributed by atoms with Crippen LogP contribution in [0, 0.1) is 0 Å². The Bertz CT molecular complexity index is 468. The summed E-state index contributed by atoms with van der Waals surface area (Å²) in [5.41, 5.74) is 6.49. The molecule has 0 saturated carbocycles. The second-order valence-electron chi connectivity index (χ2n) is 3.59. The Labute approximate surface area is 104 Å². The fraction of sp³-hybridized carbons (Fsp3) is 0.364. The van der Waals surface area contributed by atoms with E-state index in [1.807, 2.05) is 23.7 Å². The van der Waals surface area contributed by atoms with Crippen LogP contribution < -0.4 is 5.73 Å². The molecular formula is C11H15N5S. The van der Waals surface area contributed by atoms with Crippen molar-refractivity contribution in [2.75, 3.05) is 12.3 Å². The molecule has 5 nitrogen and oxygen atoms in total. The van der Waals surface area contributed by atoms with Gasteiger partial charge in [-0.2, -0.15) is 0 Å². The number of rotatable bonds is 5. The van der Waals surface area contributed by atoms with Gasteiger partial charge in [-0.1, -0.05) is 11.8 Å². The lowest BCUT2D eigenvalue weighted by Crippen LogP contribution is -2.00. The van der Waals surface area contributed by atoms with Gasteiger partial charge in [-0.25, -0.2) is 0 Å². The Hall–Kier alpha value is -1.40.